The van der Waals surface area contributed by atoms with Gasteiger partial charge in [0.15, 0.2) is 17.4 Å². The molecule has 2 aromatic heterocycles. The molecule has 2 saturated heterocycles. The number of aromatic amines is 1. The average molecular weight is 897 g/mol. The van der Waals surface area contributed by atoms with Crippen LogP contribution in [-0.2, 0) is 40.7 Å². The molecule has 7 atom stereocenters. The Morgan fingerprint density at radius 3 is 2.24 bits per heavy atom. The second-order valence-electron chi connectivity index (χ2n) is 15.9. The van der Waals surface area contributed by atoms with E-state index in [1.807, 2.05) is 73.6 Å². The molecule has 2 fully saturated rings. The highest BCUT2D eigenvalue weighted by atomic mass is 32.5. The molecule has 7 unspecified atom stereocenters. The number of hydrogen-bond acceptors (Lipinski definition) is 13. The Morgan fingerprint density at radius 2 is 1.67 bits per heavy atom. The first-order valence-corrected chi connectivity index (χ1v) is 23.4. The Labute approximate surface area is 371 Å². The zero-order valence-corrected chi connectivity index (χ0v) is 37.2. The van der Waals surface area contributed by atoms with Crippen molar-refractivity contribution in [3.05, 3.63) is 124 Å². The largest absolute Gasteiger partial charge is 0.394 e. The van der Waals surface area contributed by atoms with Crippen molar-refractivity contribution >= 4 is 47.8 Å². The minimum atomic E-state index is -3.45. The van der Waals surface area contributed by atoms with Gasteiger partial charge >= 0.3 is 0 Å². The first-order valence-electron chi connectivity index (χ1n) is 20.8. The number of rotatable bonds is 19. The minimum Gasteiger partial charge on any atom is -0.394 e. The molecule has 332 valence electrons. The molecular weight excluding hydrogens is 844 g/mol. The number of nitriles is 1. The van der Waals surface area contributed by atoms with Gasteiger partial charge in [0.05, 0.1) is 62.7 Å². The van der Waals surface area contributed by atoms with Crippen molar-refractivity contribution in [1.82, 2.24) is 34.8 Å². The quantitative estimate of drug-likeness (QED) is 0.0248. The Bertz CT molecular complexity index is 2390. The van der Waals surface area contributed by atoms with Crippen LogP contribution >= 0.6 is 6.64 Å². The number of anilines is 1. The molecule has 4 heterocycles. The lowest BCUT2D eigenvalue weighted by atomic mass is 9.76. The summed E-state index contributed by atoms with van der Waals surface area (Å²) in [5.74, 6) is -0.700. The number of amides is 1. The first kappa shape index (κ1) is 45.8. The summed E-state index contributed by atoms with van der Waals surface area (Å²) in [4.78, 5) is 43.3. The molecule has 2 aliphatic rings. The summed E-state index contributed by atoms with van der Waals surface area (Å²) in [6.07, 6.45) is 1.32. The molecule has 3 aromatic carbocycles. The van der Waals surface area contributed by atoms with E-state index in [2.05, 4.69) is 73.1 Å². The average Bonchev–Trinajstić information content (AvgIpc) is 4.01. The number of aliphatic imine (C=N–C) groups is 1. The lowest BCUT2D eigenvalue weighted by Gasteiger charge is -2.40. The molecule has 0 aliphatic carbocycles. The fourth-order valence-corrected chi connectivity index (χ4v) is 10.2. The summed E-state index contributed by atoms with van der Waals surface area (Å²) in [6.45, 7) is -0.409. The van der Waals surface area contributed by atoms with E-state index in [0.29, 0.717) is 6.42 Å². The van der Waals surface area contributed by atoms with E-state index < -0.39 is 48.4 Å². The molecular formula is C44H53N10O7PS. The van der Waals surface area contributed by atoms with Gasteiger partial charge in [-0.3, -0.25) is 29.8 Å². The van der Waals surface area contributed by atoms with E-state index in [4.69, 9.17) is 35.3 Å². The van der Waals surface area contributed by atoms with E-state index in [1.54, 1.807) is 24.8 Å². The van der Waals surface area contributed by atoms with Gasteiger partial charge in [0.2, 0.25) is 11.9 Å². The van der Waals surface area contributed by atoms with E-state index in [9.17, 15) is 20.0 Å². The second kappa shape index (κ2) is 20.5. The van der Waals surface area contributed by atoms with Crippen molar-refractivity contribution in [3.8, 4) is 6.07 Å². The number of nitrogens with one attached hydrogen (secondary N) is 4. The number of imidazole rings is 1. The smallest absolute Gasteiger partial charge is 0.280 e. The van der Waals surface area contributed by atoms with Crippen LogP contribution in [0.1, 0.15) is 56.0 Å². The zero-order chi connectivity index (χ0) is 44.6. The Kier molecular flexibility index (Phi) is 14.9. The minimum absolute atomic E-state index is 0.00656. The van der Waals surface area contributed by atoms with Gasteiger partial charge in [-0.25, -0.2) is 15.1 Å². The van der Waals surface area contributed by atoms with Gasteiger partial charge in [0.1, 0.15) is 6.23 Å². The number of ether oxygens (including phenoxy) is 2. The van der Waals surface area contributed by atoms with Crippen LogP contribution in [0.4, 0.5) is 5.95 Å². The van der Waals surface area contributed by atoms with E-state index in [1.165, 1.54) is 6.33 Å². The summed E-state index contributed by atoms with van der Waals surface area (Å²) < 4.78 is 27.4. The van der Waals surface area contributed by atoms with Crippen LogP contribution in [0.3, 0.4) is 0 Å². The summed E-state index contributed by atoms with van der Waals surface area (Å²) in [6, 6.07) is 32.0. The Hall–Kier alpha value is -5.19. The van der Waals surface area contributed by atoms with Gasteiger partial charge in [-0.15, -0.1) is 0 Å². The van der Waals surface area contributed by atoms with Crippen molar-refractivity contribution in [3.63, 3.8) is 0 Å². The topological polar surface area (TPSA) is 213 Å². The standard InChI is InChI=1S/C44H53N10O7PS/c1-29(2)41(56)49-43-48-40-39(42(57)50-43)47-28-54(40)38-24-34(35(25-55)61-38)52-62(63,58-22-14-21-45)59-26-36-33(23-37(60-36)46-27-53(3)4)51-44(30-15-8-5-9-16-30,31-17-10-6-11-18-31)32-19-12-7-13-20-32/h5-13,15-20,27-29,33-38,51,55H,14,22-26H2,1-4H3,(H,52,63)(H2,48,49,50,56,57). The lowest BCUT2D eigenvalue weighted by Crippen LogP contribution is -2.53. The van der Waals surface area contributed by atoms with Crippen LogP contribution in [0.25, 0.3) is 11.2 Å². The lowest BCUT2D eigenvalue weighted by molar-refractivity contribution is -0.118. The molecule has 1 amide bonds. The summed E-state index contributed by atoms with van der Waals surface area (Å²) >= 11 is 6.17. The fourth-order valence-electron chi connectivity index (χ4n) is 7.79. The van der Waals surface area contributed by atoms with Crippen molar-refractivity contribution < 1.29 is 28.4 Å². The molecule has 5 aromatic rings. The molecule has 17 nitrogen and oxygen atoms in total. The normalized spacial score (nSPS) is 22.4. The summed E-state index contributed by atoms with van der Waals surface area (Å²) in [7, 11) is 3.79. The number of nitrogens with zero attached hydrogens (tertiary/aromatic N) is 6. The highest BCUT2D eigenvalue weighted by Crippen LogP contribution is 2.48. The predicted molar refractivity (Wildman–Crippen MR) is 242 cm³/mol. The molecule has 0 saturated carbocycles. The first-order chi connectivity index (χ1) is 30.4. The van der Waals surface area contributed by atoms with Crippen molar-refractivity contribution in [2.24, 2.45) is 10.9 Å². The molecule has 2 aliphatic heterocycles. The Balaban J connectivity index is 1.17. The van der Waals surface area contributed by atoms with Crippen LogP contribution in [0.2, 0.25) is 0 Å². The van der Waals surface area contributed by atoms with Crippen molar-refractivity contribution in [2.45, 2.75) is 75.4 Å². The number of fused-ring (bicyclic) bond motifs is 1. The molecule has 63 heavy (non-hydrogen) atoms. The van der Waals surface area contributed by atoms with Crippen LogP contribution in [0.5, 0.6) is 0 Å². The third-order valence-corrected chi connectivity index (χ3v) is 13.5. The monoisotopic (exact) mass is 896 g/mol. The maximum absolute atomic E-state index is 13.0. The number of hydrogen-bond donors (Lipinski definition) is 5. The highest BCUT2D eigenvalue weighted by molar-refractivity contribution is 8.09. The van der Waals surface area contributed by atoms with Gasteiger partial charge in [-0.05, 0) is 28.5 Å². The van der Waals surface area contributed by atoms with Gasteiger partial charge in [-0.1, -0.05) is 105 Å². The Morgan fingerprint density at radius 1 is 1.03 bits per heavy atom. The number of aromatic nitrogens is 4. The SMILES string of the molecule is CC(C)C(=O)Nc1nc2c(ncn2C2CC(NP(=S)(OCCC#N)OCC3OC(N=CN(C)C)CC3NC(c3ccccc3)(c3ccccc3)c3ccccc3)C(CO)O2)c(=O)[nH]1. The third kappa shape index (κ3) is 10.6. The van der Waals surface area contributed by atoms with E-state index in [0.717, 1.165) is 16.7 Å². The number of H-pyrrole nitrogens is 1. The molecule has 7 rings (SSSR count). The summed E-state index contributed by atoms with van der Waals surface area (Å²) in [5, 5.41) is 30.0. The maximum atomic E-state index is 13.0. The zero-order valence-electron chi connectivity index (χ0n) is 35.5. The van der Waals surface area contributed by atoms with E-state index in [-0.39, 0.29) is 67.6 Å². The number of aliphatic hydroxyl groups is 1. The molecule has 0 spiro atoms. The van der Waals surface area contributed by atoms with Crippen LogP contribution < -0.4 is 21.3 Å². The molecule has 19 heteroatoms. The predicted octanol–water partition coefficient (Wildman–Crippen LogP) is 4.78. The maximum Gasteiger partial charge on any atom is 0.280 e. The summed E-state index contributed by atoms with van der Waals surface area (Å²) in [5.41, 5.74) is 1.97. The van der Waals surface area contributed by atoms with Gasteiger partial charge < -0.3 is 28.5 Å². The number of aliphatic hydroxyl groups excluding tert-OH is 1. The van der Waals surface area contributed by atoms with Gasteiger partial charge in [-0.2, -0.15) is 10.2 Å². The van der Waals surface area contributed by atoms with Crippen molar-refractivity contribution in [1.29, 1.82) is 5.26 Å². The fraction of sp³-hybridized carbons (Fsp3) is 0.409. The van der Waals surface area contributed by atoms with Crippen molar-refractivity contribution in [2.75, 3.05) is 39.2 Å². The number of carbonyl (C=O) groups is 1. The molecule has 0 bridgehead atoms. The highest BCUT2D eigenvalue weighted by Gasteiger charge is 2.46. The molecule has 0 radical (unpaired) electrons. The second-order valence-corrected chi connectivity index (χ2v) is 19.1. The van der Waals surface area contributed by atoms with Gasteiger partial charge in [0, 0.05) is 44.9 Å². The number of benzene rings is 3. The van der Waals surface area contributed by atoms with E-state index >= 15 is 0 Å². The van der Waals surface area contributed by atoms with Crippen LogP contribution in [-0.4, -0.2) is 106 Å². The van der Waals surface area contributed by atoms with Crippen LogP contribution in [0.15, 0.2) is 107 Å². The third-order valence-electron chi connectivity index (χ3n) is 10.9. The molecule has 5 N–H and O–H groups in total. The number of carbonyl (C=O) groups excluding carboxylic acids is 1. The van der Waals surface area contributed by atoms with Gasteiger partial charge in [0.25, 0.3) is 12.2 Å². The van der Waals surface area contributed by atoms with Crippen LogP contribution in [0, 0.1) is 17.2 Å².